The highest BCUT2D eigenvalue weighted by Gasteiger charge is 2.17. The van der Waals surface area contributed by atoms with Gasteiger partial charge in [-0.3, -0.25) is 9.59 Å². The van der Waals surface area contributed by atoms with Crippen LogP contribution >= 0.6 is 0 Å². The molecule has 0 unspecified atom stereocenters. The van der Waals surface area contributed by atoms with E-state index >= 15 is 0 Å². The minimum Gasteiger partial charge on any atom is -0.493 e. The SMILES string of the molecule is COc1cc(C(=O)NCC(=O)NCc2ccc(OCc3cccc(C)c3)cc2)cc(OC)c1OC. The third-order valence-electron chi connectivity index (χ3n) is 5.24. The second-order valence-electron chi connectivity index (χ2n) is 7.80. The Morgan fingerprint density at radius 3 is 2.09 bits per heavy atom. The lowest BCUT2D eigenvalue weighted by atomic mass is 10.1. The topological polar surface area (TPSA) is 95.1 Å². The van der Waals surface area contributed by atoms with Crippen molar-refractivity contribution in [3.63, 3.8) is 0 Å². The lowest BCUT2D eigenvalue weighted by Gasteiger charge is -2.14. The molecule has 2 N–H and O–H groups in total. The minimum absolute atomic E-state index is 0.173. The maximum Gasteiger partial charge on any atom is 0.251 e. The number of hydrogen-bond acceptors (Lipinski definition) is 6. The van der Waals surface area contributed by atoms with E-state index in [2.05, 4.69) is 16.7 Å². The second kappa shape index (κ2) is 12.3. The standard InChI is InChI=1S/C27H30N2O6/c1-18-6-5-7-20(12-18)17-35-22-10-8-19(9-11-22)15-28-25(30)16-29-27(31)21-13-23(32-2)26(34-4)24(14-21)33-3/h5-14H,15-17H2,1-4H3,(H,28,30)(H,29,31). The predicted octanol–water partition coefficient (Wildman–Crippen LogP) is 3.65. The van der Waals surface area contributed by atoms with Crippen molar-refractivity contribution < 1.29 is 28.5 Å². The normalized spacial score (nSPS) is 10.3. The van der Waals surface area contributed by atoms with Crippen LogP contribution in [0.25, 0.3) is 0 Å². The molecule has 0 aliphatic rings. The quantitative estimate of drug-likeness (QED) is 0.437. The van der Waals surface area contributed by atoms with Gasteiger partial charge in [0.25, 0.3) is 5.91 Å². The molecule has 3 aromatic carbocycles. The van der Waals surface area contributed by atoms with E-state index in [1.54, 1.807) is 0 Å². The summed E-state index contributed by atoms with van der Waals surface area (Å²) in [6.45, 7) is 2.69. The van der Waals surface area contributed by atoms with Gasteiger partial charge in [-0.2, -0.15) is 0 Å². The molecule has 3 aromatic rings. The fraction of sp³-hybridized carbons (Fsp3) is 0.259. The number of aryl methyl sites for hydroxylation is 1. The molecule has 0 bridgehead atoms. The highest BCUT2D eigenvalue weighted by Crippen LogP contribution is 2.38. The summed E-state index contributed by atoms with van der Waals surface area (Å²) in [5.41, 5.74) is 3.50. The summed E-state index contributed by atoms with van der Waals surface area (Å²) in [5.74, 6) is 1.09. The van der Waals surface area contributed by atoms with Gasteiger partial charge in [-0.05, 0) is 42.3 Å². The van der Waals surface area contributed by atoms with Crippen molar-refractivity contribution in [2.75, 3.05) is 27.9 Å². The Kier molecular flexibility index (Phi) is 8.95. The molecule has 0 radical (unpaired) electrons. The summed E-state index contributed by atoms with van der Waals surface area (Å²) < 4.78 is 21.6. The largest absolute Gasteiger partial charge is 0.493 e. The Hall–Kier alpha value is -4.20. The van der Waals surface area contributed by atoms with Gasteiger partial charge in [-0.15, -0.1) is 0 Å². The van der Waals surface area contributed by atoms with Crippen LogP contribution in [0.4, 0.5) is 0 Å². The van der Waals surface area contributed by atoms with Gasteiger partial charge in [0.2, 0.25) is 11.7 Å². The number of nitrogens with one attached hydrogen (secondary N) is 2. The molecule has 0 saturated heterocycles. The van der Waals surface area contributed by atoms with Crippen LogP contribution < -0.4 is 29.6 Å². The van der Waals surface area contributed by atoms with Gasteiger partial charge in [0.05, 0.1) is 27.9 Å². The highest BCUT2D eigenvalue weighted by atomic mass is 16.5. The zero-order chi connectivity index (χ0) is 25.2. The third-order valence-corrected chi connectivity index (χ3v) is 5.24. The molecule has 0 heterocycles. The Morgan fingerprint density at radius 2 is 1.49 bits per heavy atom. The van der Waals surface area contributed by atoms with E-state index in [0.717, 1.165) is 16.9 Å². The van der Waals surface area contributed by atoms with Gasteiger partial charge in [0, 0.05) is 12.1 Å². The van der Waals surface area contributed by atoms with Crippen LogP contribution in [0, 0.1) is 6.92 Å². The van der Waals surface area contributed by atoms with Crippen LogP contribution in [0.3, 0.4) is 0 Å². The summed E-state index contributed by atoms with van der Waals surface area (Å²) in [6, 6.07) is 18.7. The van der Waals surface area contributed by atoms with E-state index in [-0.39, 0.29) is 18.0 Å². The Morgan fingerprint density at radius 1 is 0.800 bits per heavy atom. The van der Waals surface area contributed by atoms with E-state index in [1.165, 1.54) is 39.0 Å². The van der Waals surface area contributed by atoms with Gasteiger partial charge < -0.3 is 29.6 Å². The number of carbonyl (C=O) groups is 2. The van der Waals surface area contributed by atoms with Crippen molar-refractivity contribution in [1.29, 1.82) is 0 Å². The summed E-state index contributed by atoms with van der Waals surface area (Å²) in [6.07, 6.45) is 0. The first-order chi connectivity index (χ1) is 16.9. The minimum atomic E-state index is -0.436. The van der Waals surface area contributed by atoms with Crippen molar-refractivity contribution in [3.8, 4) is 23.0 Å². The lowest BCUT2D eigenvalue weighted by Crippen LogP contribution is -2.36. The number of rotatable bonds is 11. The Bertz CT molecular complexity index is 1140. The van der Waals surface area contributed by atoms with Crippen molar-refractivity contribution in [3.05, 3.63) is 82.9 Å². The number of carbonyl (C=O) groups excluding carboxylic acids is 2. The van der Waals surface area contributed by atoms with E-state index < -0.39 is 5.91 Å². The first kappa shape index (κ1) is 25.4. The van der Waals surface area contributed by atoms with Crippen LogP contribution in [-0.2, 0) is 17.9 Å². The molecule has 8 heteroatoms. The first-order valence-electron chi connectivity index (χ1n) is 11.1. The summed E-state index contributed by atoms with van der Waals surface area (Å²) in [5, 5.41) is 5.39. The van der Waals surface area contributed by atoms with Crippen LogP contribution in [0.1, 0.15) is 27.0 Å². The molecule has 8 nitrogen and oxygen atoms in total. The third kappa shape index (κ3) is 7.14. The van der Waals surface area contributed by atoms with E-state index in [4.69, 9.17) is 18.9 Å². The maximum atomic E-state index is 12.5. The fourth-order valence-electron chi connectivity index (χ4n) is 3.41. The molecule has 0 saturated carbocycles. The number of benzene rings is 3. The van der Waals surface area contributed by atoms with Gasteiger partial charge in [0.15, 0.2) is 11.5 Å². The average molecular weight is 479 g/mol. The van der Waals surface area contributed by atoms with Crippen LogP contribution in [0.5, 0.6) is 23.0 Å². The van der Waals surface area contributed by atoms with Gasteiger partial charge in [-0.1, -0.05) is 42.0 Å². The maximum absolute atomic E-state index is 12.5. The van der Waals surface area contributed by atoms with Gasteiger partial charge >= 0.3 is 0 Å². The molecule has 0 atom stereocenters. The van der Waals surface area contributed by atoms with Crippen molar-refractivity contribution in [2.24, 2.45) is 0 Å². The molecule has 35 heavy (non-hydrogen) atoms. The number of hydrogen-bond donors (Lipinski definition) is 2. The molecule has 0 aromatic heterocycles. The summed E-state index contributed by atoms with van der Waals surface area (Å²) in [7, 11) is 4.42. The summed E-state index contributed by atoms with van der Waals surface area (Å²) >= 11 is 0. The predicted molar refractivity (Wildman–Crippen MR) is 132 cm³/mol. The number of methoxy groups -OCH3 is 3. The lowest BCUT2D eigenvalue weighted by molar-refractivity contribution is -0.120. The smallest absolute Gasteiger partial charge is 0.251 e. The monoisotopic (exact) mass is 478 g/mol. The molecule has 2 amide bonds. The van der Waals surface area contributed by atoms with E-state index in [1.807, 2.05) is 49.4 Å². The zero-order valence-corrected chi connectivity index (χ0v) is 20.3. The number of ether oxygens (including phenoxy) is 4. The van der Waals surface area contributed by atoms with E-state index in [0.29, 0.717) is 30.4 Å². The van der Waals surface area contributed by atoms with Gasteiger partial charge in [-0.25, -0.2) is 0 Å². The van der Waals surface area contributed by atoms with E-state index in [9.17, 15) is 9.59 Å². The second-order valence-corrected chi connectivity index (χ2v) is 7.80. The Balaban J connectivity index is 1.46. The summed E-state index contributed by atoms with van der Waals surface area (Å²) in [4.78, 5) is 24.8. The molecule has 3 rings (SSSR count). The average Bonchev–Trinajstić information content (AvgIpc) is 2.89. The molecule has 184 valence electrons. The first-order valence-corrected chi connectivity index (χ1v) is 11.1. The highest BCUT2D eigenvalue weighted by molar-refractivity contribution is 5.97. The van der Waals surface area contributed by atoms with Gasteiger partial charge in [0.1, 0.15) is 12.4 Å². The fourth-order valence-corrected chi connectivity index (χ4v) is 3.41. The Labute approximate surface area is 205 Å². The van der Waals surface area contributed by atoms with Crippen LogP contribution in [0.15, 0.2) is 60.7 Å². The van der Waals surface area contributed by atoms with Crippen molar-refractivity contribution in [2.45, 2.75) is 20.1 Å². The van der Waals surface area contributed by atoms with Crippen LogP contribution in [-0.4, -0.2) is 39.7 Å². The number of amides is 2. The molecule has 0 fully saturated rings. The molecule has 0 aliphatic heterocycles. The van der Waals surface area contributed by atoms with Crippen LogP contribution in [0.2, 0.25) is 0 Å². The van der Waals surface area contributed by atoms with Crippen molar-refractivity contribution in [1.82, 2.24) is 10.6 Å². The molecular weight excluding hydrogens is 448 g/mol. The molecule has 0 aliphatic carbocycles. The molecule has 0 spiro atoms. The molecular formula is C27H30N2O6. The van der Waals surface area contributed by atoms with Crippen molar-refractivity contribution >= 4 is 11.8 Å². The zero-order valence-electron chi connectivity index (χ0n) is 20.3.